The summed E-state index contributed by atoms with van der Waals surface area (Å²) >= 11 is 0. The van der Waals surface area contributed by atoms with E-state index in [1.807, 2.05) is 54.6 Å². The minimum absolute atomic E-state index is 0.524. The number of nitrogens with two attached hydrogens (primary N) is 1. The molecule has 0 aliphatic rings. The van der Waals surface area contributed by atoms with Gasteiger partial charge in [-0.05, 0) is 29.3 Å². The second-order valence-electron chi connectivity index (χ2n) is 3.84. The Hall–Kier alpha value is -2.42. The maximum atomic E-state index is 5.82. The van der Waals surface area contributed by atoms with Crippen LogP contribution >= 0.6 is 0 Å². The normalized spacial score (nSPS) is 11.9. The molecule has 18 heavy (non-hydrogen) atoms. The third-order valence-electron chi connectivity index (χ3n) is 2.44. The van der Waals surface area contributed by atoms with E-state index in [9.17, 15) is 0 Å². The first-order chi connectivity index (χ1) is 8.84. The number of benzene rings is 1. The number of rotatable bonds is 4. The third kappa shape index (κ3) is 3.87. The maximum Gasteiger partial charge on any atom is 0.118 e. The number of aromatic nitrogens is 1. The Kier molecular flexibility index (Phi) is 4.25. The molecule has 1 aromatic heterocycles. The molecule has 0 aliphatic carbocycles. The van der Waals surface area contributed by atoms with Crippen molar-refractivity contribution in [3.63, 3.8) is 0 Å². The lowest BCUT2D eigenvalue weighted by atomic mass is 10.2. The number of amidine groups is 1. The van der Waals surface area contributed by atoms with Crippen molar-refractivity contribution in [3.05, 3.63) is 72.1 Å². The lowest BCUT2D eigenvalue weighted by Crippen LogP contribution is -2.07. The van der Waals surface area contributed by atoms with Crippen LogP contribution in [0.4, 0.5) is 0 Å². The van der Waals surface area contributed by atoms with Crippen LogP contribution in [0.2, 0.25) is 0 Å². The summed E-state index contributed by atoms with van der Waals surface area (Å²) in [6, 6.07) is 13.9. The molecule has 3 heteroatoms. The fourth-order valence-electron chi connectivity index (χ4n) is 1.47. The Balaban J connectivity index is 1.96. The van der Waals surface area contributed by atoms with Crippen LogP contribution in [0.1, 0.15) is 11.1 Å². The van der Waals surface area contributed by atoms with E-state index in [0.29, 0.717) is 12.4 Å². The van der Waals surface area contributed by atoms with Gasteiger partial charge in [0.05, 0.1) is 6.54 Å². The van der Waals surface area contributed by atoms with Crippen LogP contribution in [0.5, 0.6) is 0 Å². The molecular formula is C15H15N3. The maximum absolute atomic E-state index is 5.82. The van der Waals surface area contributed by atoms with Crippen molar-refractivity contribution < 1.29 is 0 Å². The van der Waals surface area contributed by atoms with Crippen molar-refractivity contribution in [2.75, 3.05) is 0 Å². The molecule has 0 unspecified atom stereocenters. The monoisotopic (exact) mass is 237 g/mol. The number of pyridine rings is 1. The van der Waals surface area contributed by atoms with Crippen molar-refractivity contribution >= 4 is 11.9 Å². The standard InChI is InChI=1S/C15H15N3/c16-15(7-6-13-4-2-1-3-5-13)18-12-14-8-10-17-11-9-14/h1-11H,12H2,(H2,16,18). The van der Waals surface area contributed by atoms with Crippen molar-refractivity contribution in [2.45, 2.75) is 6.54 Å². The highest BCUT2D eigenvalue weighted by Gasteiger charge is 1.90. The molecule has 0 aliphatic heterocycles. The van der Waals surface area contributed by atoms with Crippen LogP contribution in [0.25, 0.3) is 6.08 Å². The molecule has 0 fully saturated rings. The van der Waals surface area contributed by atoms with E-state index in [0.717, 1.165) is 11.1 Å². The molecule has 0 radical (unpaired) electrons. The van der Waals surface area contributed by atoms with Gasteiger partial charge in [-0.1, -0.05) is 36.4 Å². The predicted molar refractivity (Wildman–Crippen MR) is 75.0 cm³/mol. The van der Waals surface area contributed by atoms with Crippen LogP contribution < -0.4 is 5.73 Å². The van der Waals surface area contributed by atoms with E-state index in [2.05, 4.69) is 9.98 Å². The zero-order valence-corrected chi connectivity index (χ0v) is 10.0. The second kappa shape index (κ2) is 6.35. The van der Waals surface area contributed by atoms with Gasteiger partial charge < -0.3 is 5.73 Å². The highest BCUT2D eigenvalue weighted by Crippen LogP contribution is 2.01. The van der Waals surface area contributed by atoms with Gasteiger partial charge in [0.2, 0.25) is 0 Å². The Labute approximate surface area is 107 Å². The molecule has 2 N–H and O–H groups in total. The SMILES string of the molecule is NC(C=Cc1ccccc1)=NCc1ccncc1. The summed E-state index contributed by atoms with van der Waals surface area (Å²) in [6.07, 6.45) is 7.27. The molecule has 2 rings (SSSR count). The molecule has 0 amide bonds. The van der Waals surface area contributed by atoms with Gasteiger partial charge in [0.25, 0.3) is 0 Å². The van der Waals surface area contributed by atoms with Crippen LogP contribution in [-0.4, -0.2) is 10.8 Å². The Morgan fingerprint density at radius 3 is 2.56 bits per heavy atom. The van der Waals surface area contributed by atoms with E-state index in [1.54, 1.807) is 12.4 Å². The van der Waals surface area contributed by atoms with Gasteiger partial charge in [-0.3, -0.25) is 9.98 Å². The lowest BCUT2D eigenvalue weighted by Gasteiger charge is -1.96. The van der Waals surface area contributed by atoms with E-state index in [-0.39, 0.29) is 0 Å². The molecule has 3 nitrogen and oxygen atoms in total. The highest BCUT2D eigenvalue weighted by atomic mass is 14.8. The molecule has 0 spiro atoms. The van der Waals surface area contributed by atoms with Gasteiger partial charge in [0.15, 0.2) is 0 Å². The first kappa shape index (κ1) is 12.0. The van der Waals surface area contributed by atoms with Crippen LogP contribution in [0.3, 0.4) is 0 Å². The second-order valence-corrected chi connectivity index (χ2v) is 3.84. The summed E-state index contributed by atoms with van der Waals surface area (Å²) in [4.78, 5) is 8.24. The molecule has 0 bridgehead atoms. The molecule has 1 heterocycles. The predicted octanol–water partition coefficient (Wildman–Crippen LogP) is 2.65. The van der Waals surface area contributed by atoms with E-state index in [4.69, 9.17) is 5.73 Å². The van der Waals surface area contributed by atoms with Gasteiger partial charge in [-0.25, -0.2) is 0 Å². The smallest absolute Gasteiger partial charge is 0.118 e. The Morgan fingerprint density at radius 1 is 1.11 bits per heavy atom. The van der Waals surface area contributed by atoms with Gasteiger partial charge in [0, 0.05) is 12.4 Å². The van der Waals surface area contributed by atoms with E-state index < -0.39 is 0 Å². The summed E-state index contributed by atoms with van der Waals surface area (Å²) < 4.78 is 0. The first-order valence-corrected chi connectivity index (χ1v) is 5.76. The number of hydrogen-bond acceptors (Lipinski definition) is 2. The van der Waals surface area contributed by atoms with Gasteiger partial charge in [0.1, 0.15) is 5.84 Å². The molecule has 0 saturated heterocycles. The highest BCUT2D eigenvalue weighted by molar-refractivity contribution is 5.95. The lowest BCUT2D eigenvalue weighted by molar-refractivity contribution is 1.05. The number of aliphatic imine (C=N–C) groups is 1. The zero-order chi connectivity index (χ0) is 12.6. The van der Waals surface area contributed by atoms with Gasteiger partial charge in [-0.15, -0.1) is 0 Å². The molecular weight excluding hydrogens is 222 g/mol. The molecule has 0 saturated carbocycles. The Bertz CT molecular complexity index is 530. The Morgan fingerprint density at radius 2 is 1.83 bits per heavy atom. The van der Waals surface area contributed by atoms with Crippen LogP contribution in [-0.2, 0) is 6.54 Å². The quantitative estimate of drug-likeness (QED) is 0.656. The molecule has 2 aromatic rings. The van der Waals surface area contributed by atoms with Crippen LogP contribution in [0.15, 0.2) is 65.9 Å². The van der Waals surface area contributed by atoms with Gasteiger partial charge >= 0.3 is 0 Å². The average Bonchev–Trinajstić information content (AvgIpc) is 2.45. The fourth-order valence-corrected chi connectivity index (χ4v) is 1.47. The summed E-state index contributed by atoms with van der Waals surface area (Å²) in [6.45, 7) is 0.577. The summed E-state index contributed by atoms with van der Waals surface area (Å²) in [7, 11) is 0. The first-order valence-electron chi connectivity index (χ1n) is 5.76. The molecule has 90 valence electrons. The number of hydrogen-bond donors (Lipinski definition) is 1. The number of nitrogens with zero attached hydrogens (tertiary/aromatic N) is 2. The minimum Gasteiger partial charge on any atom is -0.384 e. The fraction of sp³-hybridized carbons (Fsp3) is 0.0667. The molecule has 0 atom stereocenters. The van der Waals surface area contributed by atoms with E-state index >= 15 is 0 Å². The third-order valence-corrected chi connectivity index (χ3v) is 2.44. The van der Waals surface area contributed by atoms with Crippen molar-refractivity contribution in [2.24, 2.45) is 10.7 Å². The van der Waals surface area contributed by atoms with Crippen molar-refractivity contribution in [1.29, 1.82) is 0 Å². The minimum atomic E-state index is 0.524. The molecule has 1 aromatic carbocycles. The van der Waals surface area contributed by atoms with Crippen molar-refractivity contribution in [1.82, 2.24) is 4.98 Å². The van der Waals surface area contributed by atoms with Crippen molar-refractivity contribution in [3.8, 4) is 0 Å². The zero-order valence-electron chi connectivity index (χ0n) is 10.0. The average molecular weight is 237 g/mol. The van der Waals surface area contributed by atoms with E-state index in [1.165, 1.54) is 0 Å². The summed E-state index contributed by atoms with van der Waals surface area (Å²) in [5, 5.41) is 0. The van der Waals surface area contributed by atoms with Crippen LogP contribution in [0, 0.1) is 0 Å². The summed E-state index contributed by atoms with van der Waals surface area (Å²) in [5.74, 6) is 0.524. The van der Waals surface area contributed by atoms with Gasteiger partial charge in [-0.2, -0.15) is 0 Å². The topological polar surface area (TPSA) is 51.3 Å². The largest absolute Gasteiger partial charge is 0.384 e. The summed E-state index contributed by atoms with van der Waals surface area (Å²) in [5.41, 5.74) is 8.03.